The SMILES string of the molecule is Cn1ncc(N)c1C(=O)NC1CCC(=O)NC1=O. The van der Waals surface area contributed by atoms with Crippen LogP contribution in [0.1, 0.15) is 23.3 Å². The zero-order valence-electron chi connectivity index (χ0n) is 9.77. The average Bonchev–Trinajstić information content (AvgIpc) is 2.62. The second-order valence-electron chi connectivity index (χ2n) is 4.05. The molecule has 0 spiro atoms. The maximum absolute atomic E-state index is 11.9. The Morgan fingerprint density at radius 3 is 2.89 bits per heavy atom. The third kappa shape index (κ3) is 2.17. The van der Waals surface area contributed by atoms with Gasteiger partial charge in [0, 0.05) is 13.5 Å². The lowest BCUT2D eigenvalue weighted by Gasteiger charge is -2.21. The number of nitrogens with one attached hydrogen (secondary N) is 2. The van der Waals surface area contributed by atoms with Crippen molar-refractivity contribution in [3.63, 3.8) is 0 Å². The molecule has 8 heteroatoms. The number of amides is 3. The van der Waals surface area contributed by atoms with Crippen molar-refractivity contribution in [3.05, 3.63) is 11.9 Å². The highest BCUT2D eigenvalue weighted by molar-refractivity contribution is 6.04. The standard InChI is InChI=1S/C10H13N5O3/c1-15-8(5(11)4-12-15)10(18)13-6-2-3-7(16)14-9(6)17/h4,6H,2-3,11H2,1H3,(H,13,18)(H,14,16,17). The lowest BCUT2D eigenvalue weighted by Crippen LogP contribution is -2.52. The molecule has 1 fully saturated rings. The molecule has 0 aromatic carbocycles. The van der Waals surface area contributed by atoms with Gasteiger partial charge >= 0.3 is 0 Å². The predicted octanol–water partition coefficient (Wildman–Crippen LogP) is -1.46. The van der Waals surface area contributed by atoms with Crippen molar-refractivity contribution >= 4 is 23.4 Å². The molecule has 0 bridgehead atoms. The van der Waals surface area contributed by atoms with Crippen LogP contribution in [0.25, 0.3) is 0 Å². The van der Waals surface area contributed by atoms with E-state index in [1.54, 1.807) is 7.05 Å². The van der Waals surface area contributed by atoms with Gasteiger partial charge in [-0.25, -0.2) is 0 Å². The number of rotatable bonds is 2. The van der Waals surface area contributed by atoms with E-state index < -0.39 is 17.9 Å². The number of nitrogens with zero attached hydrogens (tertiary/aromatic N) is 2. The molecule has 1 atom stereocenters. The molecule has 1 aromatic rings. The summed E-state index contributed by atoms with van der Waals surface area (Å²) in [6.07, 6.45) is 1.85. The zero-order valence-corrected chi connectivity index (χ0v) is 9.77. The van der Waals surface area contributed by atoms with E-state index in [1.165, 1.54) is 10.9 Å². The Labute approximate surface area is 103 Å². The first-order chi connectivity index (χ1) is 8.49. The number of aromatic nitrogens is 2. The van der Waals surface area contributed by atoms with Gasteiger partial charge in [-0.15, -0.1) is 0 Å². The van der Waals surface area contributed by atoms with Gasteiger partial charge in [0.25, 0.3) is 5.91 Å². The molecular weight excluding hydrogens is 238 g/mol. The van der Waals surface area contributed by atoms with Crippen molar-refractivity contribution in [2.75, 3.05) is 5.73 Å². The molecule has 8 nitrogen and oxygen atoms in total. The van der Waals surface area contributed by atoms with Crippen LogP contribution in [0, 0.1) is 0 Å². The van der Waals surface area contributed by atoms with E-state index in [4.69, 9.17) is 5.73 Å². The molecule has 1 saturated heterocycles. The molecule has 18 heavy (non-hydrogen) atoms. The van der Waals surface area contributed by atoms with Crippen LogP contribution in [0.15, 0.2) is 6.20 Å². The Bertz CT molecular complexity index is 502. The first kappa shape index (κ1) is 12.1. The number of anilines is 1. The largest absolute Gasteiger partial charge is 0.396 e. The van der Waals surface area contributed by atoms with Crippen LogP contribution in [-0.2, 0) is 16.6 Å². The summed E-state index contributed by atoms with van der Waals surface area (Å²) in [4.78, 5) is 34.4. The van der Waals surface area contributed by atoms with E-state index in [9.17, 15) is 14.4 Å². The molecule has 1 unspecified atom stereocenters. The van der Waals surface area contributed by atoms with Crippen molar-refractivity contribution in [1.29, 1.82) is 0 Å². The van der Waals surface area contributed by atoms with Crippen LogP contribution in [0.5, 0.6) is 0 Å². The fourth-order valence-corrected chi connectivity index (χ4v) is 1.79. The van der Waals surface area contributed by atoms with Crippen LogP contribution in [0.2, 0.25) is 0 Å². The van der Waals surface area contributed by atoms with Gasteiger partial charge in [0.2, 0.25) is 11.8 Å². The predicted molar refractivity (Wildman–Crippen MR) is 61.3 cm³/mol. The molecule has 0 radical (unpaired) electrons. The van der Waals surface area contributed by atoms with Gasteiger partial charge in [0.15, 0.2) is 0 Å². The van der Waals surface area contributed by atoms with E-state index >= 15 is 0 Å². The minimum atomic E-state index is -0.718. The zero-order chi connectivity index (χ0) is 13.3. The number of carbonyl (C=O) groups is 3. The first-order valence-corrected chi connectivity index (χ1v) is 5.41. The number of hydrogen-bond donors (Lipinski definition) is 3. The first-order valence-electron chi connectivity index (χ1n) is 5.41. The Morgan fingerprint density at radius 2 is 2.33 bits per heavy atom. The van der Waals surface area contributed by atoms with E-state index in [2.05, 4.69) is 15.7 Å². The summed E-state index contributed by atoms with van der Waals surface area (Å²) in [6.45, 7) is 0. The lowest BCUT2D eigenvalue weighted by molar-refractivity contribution is -0.134. The molecule has 2 rings (SSSR count). The fraction of sp³-hybridized carbons (Fsp3) is 0.400. The van der Waals surface area contributed by atoms with Gasteiger partial charge in [-0.05, 0) is 6.42 Å². The molecule has 3 amide bonds. The van der Waals surface area contributed by atoms with Gasteiger partial charge in [-0.2, -0.15) is 5.10 Å². The third-order valence-corrected chi connectivity index (χ3v) is 2.73. The van der Waals surface area contributed by atoms with Crippen molar-refractivity contribution in [1.82, 2.24) is 20.4 Å². The number of carbonyl (C=O) groups excluding carboxylic acids is 3. The Kier molecular flexibility index (Phi) is 3.00. The summed E-state index contributed by atoms with van der Waals surface area (Å²) in [6, 6.07) is -0.718. The van der Waals surface area contributed by atoms with Gasteiger partial charge in [-0.1, -0.05) is 0 Å². The number of piperidine rings is 1. The van der Waals surface area contributed by atoms with Gasteiger partial charge < -0.3 is 11.1 Å². The van der Waals surface area contributed by atoms with Crippen molar-refractivity contribution in [3.8, 4) is 0 Å². The fourth-order valence-electron chi connectivity index (χ4n) is 1.79. The number of imide groups is 1. The minimum Gasteiger partial charge on any atom is -0.396 e. The van der Waals surface area contributed by atoms with Crippen LogP contribution < -0.4 is 16.4 Å². The highest BCUT2D eigenvalue weighted by Gasteiger charge is 2.29. The van der Waals surface area contributed by atoms with E-state index in [-0.39, 0.29) is 30.1 Å². The molecule has 4 N–H and O–H groups in total. The molecular formula is C10H13N5O3. The van der Waals surface area contributed by atoms with E-state index in [0.29, 0.717) is 0 Å². The highest BCUT2D eigenvalue weighted by Crippen LogP contribution is 2.11. The van der Waals surface area contributed by atoms with Gasteiger partial charge in [-0.3, -0.25) is 24.4 Å². The molecule has 1 aliphatic rings. The highest BCUT2D eigenvalue weighted by atomic mass is 16.2. The number of nitrogens with two attached hydrogens (primary N) is 1. The van der Waals surface area contributed by atoms with Crippen molar-refractivity contribution in [2.24, 2.45) is 7.05 Å². The number of aryl methyl sites for hydroxylation is 1. The van der Waals surface area contributed by atoms with Crippen molar-refractivity contribution < 1.29 is 14.4 Å². The lowest BCUT2D eigenvalue weighted by atomic mass is 10.1. The normalized spacial score (nSPS) is 19.5. The minimum absolute atomic E-state index is 0.194. The summed E-state index contributed by atoms with van der Waals surface area (Å²) in [5.74, 6) is -1.31. The van der Waals surface area contributed by atoms with Gasteiger partial charge in [0.05, 0.1) is 11.9 Å². The second-order valence-corrected chi connectivity index (χ2v) is 4.05. The smallest absolute Gasteiger partial charge is 0.272 e. The number of nitrogen functional groups attached to an aromatic ring is 1. The maximum Gasteiger partial charge on any atom is 0.272 e. The van der Waals surface area contributed by atoms with Crippen LogP contribution >= 0.6 is 0 Å². The number of hydrogen-bond acceptors (Lipinski definition) is 5. The van der Waals surface area contributed by atoms with Crippen LogP contribution in [0.3, 0.4) is 0 Å². The molecule has 1 aromatic heterocycles. The molecule has 96 valence electrons. The topological polar surface area (TPSA) is 119 Å². The monoisotopic (exact) mass is 251 g/mol. The third-order valence-electron chi connectivity index (χ3n) is 2.73. The Morgan fingerprint density at radius 1 is 1.61 bits per heavy atom. The molecule has 0 aliphatic carbocycles. The molecule has 2 heterocycles. The maximum atomic E-state index is 11.9. The summed E-state index contributed by atoms with van der Waals surface area (Å²) in [7, 11) is 1.58. The summed E-state index contributed by atoms with van der Waals surface area (Å²) < 4.78 is 1.33. The summed E-state index contributed by atoms with van der Waals surface area (Å²) in [5.41, 5.74) is 6.04. The van der Waals surface area contributed by atoms with Crippen LogP contribution in [-0.4, -0.2) is 33.5 Å². The average molecular weight is 251 g/mol. The van der Waals surface area contributed by atoms with Crippen molar-refractivity contribution in [2.45, 2.75) is 18.9 Å². The Balaban J connectivity index is 2.08. The quantitative estimate of drug-likeness (QED) is 0.555. The van der Waals surface area contributed by atoms with Gasteiger partial charge in [0.1, 0.15) is 11.7 Å². The summed E-state index contributed by atoms with van der Waals surface area (Å²) in [5, 5.41) is 8.53. The molecule has 1 aliphatic heterocycles. The summed E-state index contributed by atoms with van der Waals surface area (Å²) >= 11 is 0. The second kappa shape index (κ2) is 4.47. The van der Waals surface area contributed by atoms with E-state index in [0.717, 1.165) is 0 Å². The molecule has 0 saturated carbocycles. The van der Waals surface area contributed by atoms with Crippen LogP contribution in [0.4, 0.5) is 5.69 Å². The van der Waals surface area contributed by atoms with E-state index in [1.807, 2.05) is 0 Å². The Hall–Kier alpha value is -2.38.